The van der Waals surface area contributed by atoms with E-state index >= 15 is 0 Å². The molecule has 0 bridgehead atoms. The van der Waals surface area contributed by atoms with Crippen molar-refractivity contribution < 1.29 is 18.8 Å². The lowest BCUT2D eigenvalue weighted by molar-refractivity contribution is -0.131. The average Bonchev–Trinajstić information content (AvgIpc) is 3.06. The van der Waals surface area contributed by atoms with Crippen LogP contribution < -0.4 is 16.4 Å². The van der Waals surface area contributed by atoms with Gasteiger partial charge in [-0.05, 0) is 49.3 Å². The van der Waals surface area contributed by atoms with Crippen LogP contribution in [0.5, 0.6) is 0 Å². The fraction of sp³-hybridized carbons (Fsp3) is 0.240. The molecule has 0 atom stereocenters. The van der Waals surface area contributed by atoms with E-state index in [0.717, 1.165) is 10.5 Å². The zero-order chi connectivity index (χ0) is 25.6. The number of hydrogen-bond acceptors (Lipinski definition) is 6. The van der Waals surface area contributed by atoms with Crippen LogP contribution in [-0.2, 0) is 9.59 Å². The maximum atomic E-state index is 15.0. The quantitative estimate of drug-likeness (QED) is 0.278. The van der Waals surface area contributed by atoms with Crippen molar-refractivity contribution in [3.05, 3.63) is 59.3 Å². The van der Waals surface area contributed by atoms with E-state index < -0.39 is 17.4 Å². The number of aromatic nitrogens is 2. The first-order chi connectivity index (χ1) is 17.2. The second-order valence-corrected chi connectivity index (χ2v) is 9.37. The number of carbonyl (C=O) groups excluding carboxylic acids is 3. The standard InChI is InChI=1S/C25H22ClFN6O3/c1-33-23(35)25(32-24(33)36)5-2-13(3-6-25)8-20(34)31-19-10-14-9-15(17-11-29-7-4-18(17)26)21(27)22(28)16(14)12-30-19/h4,7-12H,2-3,5-6,28H2,1H3,(H,32,36)(H,30,31,34). The van der Waals surface area contributed by atoms with Crippen LogP contribution in [0.25, 0.3) is 21.9 Å². The Morgan fingerprint density at radius 3 is 2.67 bits per heavy atom. The van der Waals surface area contributed by atoms with Crippen molar-refractivity contribution in [2.24, 2.45) is 0 Å². The number of anilines is 2. The largest absolute Gasteiger partial charge is 0.396 e. The van der Waals surface area contributed by atoms with Gasteiger partial charge in [0.25, 0.3) is 5.91 Å². The third-order valence-corrected chi connectivity index (χ3v) is 7.08. The molecule has 0 radical (unpaired) electrons. The fourth-order valence-electron chi connectivity index (χ4n) is 4.72. The van der Waals surface area contributed by atoms with Crippen LogP contribution in [0.1, 0.15) is 25.7 Å². The maximum absolute atomic E-state index is 15.0. The van der Waals surface area contributed by atoms with Crippen molar-refractivity contribution in [3.63, 3.8) is 0 Å². The second kappa shape index (κ2) is 8.87. The number of nitrogens with zero attached hydrogens (tertiary/aromatic N) is 3. The van der Waals surface area contributed by atoms with E-state index in [1.54, 1.807) is 18.2 Å². The van der Waals surface area contributed by atoms with Gasteiger partial charge in [0.15, 0.2) is 5.82 Å². The topological polar surface area (TPSA) is 130 Å². The second-order valence-electron chi connectivity index (χ2n) is 8.97. The number of likely N-dealkylation sites (N-methyl/N-ethyl adjacent to an activating group) is 1. The molecule has 9 nitrogen and oxygen atoms in total. The molecule has 4 N–H and O–H groups in total. The first kappa shape index (κ1) is 23.7. The zero-order valence-corrected chi connectivity index (χ0v) is 20.0. The summed E-state index contributed by atoms with van der Waals surface area (Å²) >= 11 is 6.22. The van der Waals surface area contributed by atoms with Crippen LogP contribution >= 0.6 is 11.6 Å². The molecule has 36 heavy (non-hydrogen) atoms. The maximum Gasteiger partial charge on any atom is 0.324 e. The molecule has 184 valence electrons. The average molecular weight is 509 g/mol. The number of allylic oxidation sites excluding steroid dienone is 1. The highest BCUT2D eigenvalue weighted by molar-refractivity contribution is 6.33. The molecular weight excluding hydrogens is 487 g/mol. The van der Waals surface area contributed by atoms with Gasteiger partial charge in [-0.2, -0.15) is 0 Å². The molecule has 11 heteroatoms. The SMILES string of the molecule is CN1C(=O)NC2(CCC(=CC(=O)Nc3cc4cc(-c5cnccc5Cl)c(F)c(N)c4cn3)CC2)C1=O. The molecule has 1 aliphatic carbocycles. The number of benzene rings is 1. The van der Waals surface area contributed by atoms with E-state index in [1.165, 1.54) is 31.7 Å². The molecular formula is C25H22ClFN6O3. The van der Waals surface area contributed by atoms with Crippen molar-refractivity contribution >= 4 is 51.7 Å². The van der Waals surface area contributed by atoms with Gasteiger partial charge in [-0.25, -0.2) is 14.2 Å². The van der Waals surface area contributed by atoms with Gasteiger partial charge >= 0.3 is 6.03 Å². The Kier molecular flexibility index (Phi) is 5.83. The Bertz CT molecular complexity index is 1460. The highest BCUT2D eigenvalue weighted by Gasteiger charge is 2.50. The van der Waals surface area contributed by atoms with Crippen molar-refractivity contribution in [1.29, 1.82) is 0 Å². The zero-order valence-electron chi connectivity index (χ0n) is 19.3. The summed E-state index contributed by atoms with van der Waals surface area (Å²) in [5.41, 5.74) is 6.53. The summed E-state index contributed by atoms with van der Waals surface area (Å²) in [5.74, 6) is -0.971. The number of hydrogen-bond donors (Lipinski definition) is 3. The molecule has 5 rings (SSSR count). The number of urea groups is 1. The van der Waals surface area contributed by atoms with Crippen LogP contribution in [0.3, 0.4) is 0 Å². The number of fused-ring (bicyclic) bond motifs is 1. The lowest BCUT2D eigenvalue weighted by Crippen LogP contribution is -2.48. The Hall–Kier alpha value is -4.05. The van der Waals surface area contributed by atoms with Gasteiger partial charge in [-0.1, -0.05) is 17.2 Å². The van der Waals surface area contributed by atoms with Gasteiger partial charge in [0.05, 0.1) is 10.7 Å². The predicted molar refractivity (Wildman–Crippen MR) is 134 cm³/mol. The summed E-state index contributed by atoms with van der Waals surface area (Å²) in [7, 11) is 1.46. The number of pyridine rings is 2. The molecule has 2 aliphatic rings. The van der Waals surface area contributed by atoms with E-state index in [2.05, 4.69) is 20.6 Å². The minimum Gasteiger partial charge on any atom is -0.396 e. The Labute approximate surface area is 210 Å². The summed E-state index contributed by atoms with van der Waals surface area (Å²) in [6.45, 7) is 0. The summed E-state index contributed by atoms with van der Waals surface area (Å²) in [5, 5.41) is 6.81. The molecule has 3 heterocycles. The number of nitrogen functional groups attached to an aromatic ring is 1. The lowest BCUT2D eigenvalue weighted by atomic mass is 9.79. The van der Waals surface area contributed by atoms with E-state index in [1.807, 2.05) is 0 Å². The minimum absolute atomic E-state index is 0.0785. The number of nitrogens with one attached hydrogen (secondary N) is 2. The van der Waals surface area contributed by atoms with Crippen LogP contribution in [0.15, 0.2) is 48.4 Å². The molecule has 4 amide bonds. The number of amides is 4. The van der Waals surface area contributed by atoms with E-state index in [-0.39, 0.29) is 28.9 Å². The molecule has 1 saturated carbocycles. The van der Waals surface area contributed by atoms with Crippen molar-refractivity contribution in [2.75, 3.05) is 18.1 Å². The molecule has 1 aromatic carbocycles. The highest BCUT2D eigenvalue weighted by Crippen LogP contribution is 2.37. The third kappa shape index (κ3) is 4.03. The Morgan fingerprint density at radius 1 is 1.25 bits per heavy atom. The van der Waals surface area contributed by atoms with Gasteiger partial charge in [-0.15, -0.1) is 0 Å². The van der Waals surface area contributed by atoms with E-state index in [4.69, 9.17) is 17.3 Å². The molecule has 2 aromatic heterocycles. The normalized spacial score (nSPS) is 19.6. The van der Waals surface area contributed by atoms with Crippen LogP contribution in [0.2, 0.25) is 5.02 Å². The van der Waals surface area contributed by atoms with Crippen LogP contribution in [0.4, 0.5) is 20.7 Å². The summed E-state index contributed by atoms with van der Waals surface area (Å²) in [6.07, 6.45) is 7.72. The molecule has 1 saturated heterocycles. The van der Waals surface area contributed by atoms with Gasteiger partial charge in [0, 0.05) is 48.2 Å². The van der Waals surface area contributed by atoms with Crippen molar-refractivity contribution in [2.45, 2.75) is 31.2 Å². The van der Waals surface area contributed by atoms with E-state index in [9.17, 15) is 18.8 Å². The third-order valence-electron chi connectivity index (χ3n) is 6.75. The summed E-state index contributed by atoms with van der Waals surface area (Å²) in [6, 6.07) is 4.35. The molecule has 2 fully saturated rings. The van der Waals surface area contributed by atoms with Crippen LogP contribution in [0, 0.1) is 5.82 Å². The Balaban J connectivity index is 1.35. The smallest absolute Gasteiger partial charge is 0.324 e. The molecule has 1 spiro atoms. The van der Waals surface area contributed by atoms with Gasteiger partial charge in [0.1, 0.15) is 11.4 Å². The number of rotatable bonds is 3. The first-order valence-corrected chi connectivity index (χ1v) is 11.6. The monoisotopic (exact) mass is 508 g/mol. The molecule has 1 aliphatic heterocycles. The predicted octanol–water partition coefficient (Wildman–Crippen LogP) is 4.03. The number of imide groups is 1. The molecule has 3 aromatic rings. The van der Waals surface area contributed by atoms with Crippen molar-refractivity contribution in [1.82, 2.24) is 20.2 Å². The Morgan fingerprint density at radius 2 is 2.00 bits per heavy atom. The van der Waals surface area contributed by atoms with Crippen LogP contribution in [-0.4, -0.2) is 45.3 Å². The highest BCUT2D eigenvalue weighted by atomic mass is 35.5. The summed E-state index contributed by atoms with van der Waals surface area (Å²) < 4.78 is 15.0. The summed E-state index contributed by atoms with van der Waals surface area (Å²) in [4.78, 5) is 46.3. The molecule has 0 unspecified atom stereocenters. The fourth-order valence-corrected chi connectivity index (χ4v) is 4.93. The first-order valence-electron chi connectivity index (χ1n) is 11.3. The van der Waals surface area contributed by atoms with Gasteiger partial charge < -0.3 is 16.4 Å². The lowest BCUT2D eigenvalue weighted by Gasteiger charge is -2.31. The van der Waals surface area contributed by atoms with Crippen molar-refractivity contribution in [3.8, 4) is 11.1 Å². The van der Waals surface area contributed by atoms with Gasteiger partial charge in [0.2, 0.25) is 5.91 Å². The number of halogens is 2. The van der Waals surface area contributed by atoms with E-state index in [0.29, 0.717) is 47.0 Å². The number of nitrogens with two attached hydrogens (primary N) is 1. The number of carbonyl (C=O) groups is 3. The minimum atomic E-state index is -0.885. The van der Waals surface area contributed by atoms with Gasteiger partial charge in [-0.3, -0.25) is 19.5 Å².